The topological polar surface area (TPSA) is 77.0 Å². The van der Waals surface area contributed by atoms with E-state index in [0.29, 0.717) is 26.4 Å². The first-order valence-electron chi connectivity index (χ1n) is 7.97. The van der Waals surface area contributed by atoms with Crippen molar-refractivity contribution in [2.24, 2.45) is 4.99 Å². The van der Waals surface area contributed by atoms with E-state index in [-0.39, 0.29) is 12.1 Å². The minimum absolute atomic E-state index is 0.168. The third-order valence-corrected chi connectivity index (χ3v) is 3.37. The molecular weight excluding hydrogens is 296 g/mol. The summed E-state index contributed by atoms with van der Waals surface area (Å²) in [5, 5.41) is 6.51. The molecule has 7 nitrogen and oxygen atoms in total. The second-order valence-corrected chi connectivity index (χ2v) is 5.40. The Morgan fingerprint density at radius 2 is 2.48 bits per heavy atom. The largest absolute Gasteiger partial charge is 0.490 e. The number of rotatable bonds is 8. The molecule has 1 aromatic heterocycles. The van der Waals surface area contributed by atoms with Crippen molar-refractivity contribution in [2.45, 2.75) is 25.5 Å². The van der Waals surface area contributed by atoms with Crippen molar-refractivity contribution >= 4 is 5.96 Å². The van der Waals surface area contributed by atoms with Crippen LogP contribution < -0.4 is 15.4 Å². The predicted molar refractivity (Wildman–Crippen MR) is 88.9 cm³/mol. The summed E-state index contributed by atoms with van der Waals surface area (Å²) < 4.78 is 16.7. The van der Waals surface area contributed by atoms with Gasteiger partial charge in [0.25, 0.3) is 0 Å². The zero-order chi connectivity index (χ0) is 16.3. The smallest absolute Gasteiger partial charge is 0.191 e. The minimum atomic E-state index is 0.168. The highest BCUT2D eigenvalue weighted by molar-refractivity contribution is 5.79. The highest BCUT2D eigenvalue weighted by atomic mass is 16.5. The number of guanidine groups is 1. The van der Waals surface area contributed by atoms with Gasteiger partial charge >= 0.3 is 0 Å². The van der Waals surface area contributed by atoms with Crippen molar-refractivity contribution in [2.75, 3.05) is 40.0 Å². The fourth-order valence-corrected chi connectivity index (χ4v) is 2.17. The van der Waals surface area contributed by atoms with Gasteiger partial charge in [0.1, 0.15) is 12.4 Å². The van der Waals surface area contributed by atoms with E-state index in [0.717, 1.165) is 24.7 Å². The monoisotopic (exact) mass is 322 g/mol. The number of nitrogens with one attached hydrogen (secondary N) is 2. The predicted octanol–water partition coefficient (Wildman–Crippen LogP) is 0.819. The normalized spacial score (nSPS) is 19.4. The van der Waals surface area contributed by atoms with Crippen molar-refractivity contribution in [1.82, 2.24) is 15.6 Å². The van der Waals surface area contributed by atoms with E-state index in [1.165, 1.54) is 0 Å². The maximum absolute atomic E-state index is 5.79. The first kappa shape index (κ1) is 17.5. The van der Waals surface area contributed by atoms with Gasteiger partial charge in [0.2, 0.25) is 0 Å². The minimum Gasteiger partial charge on any atom is -0.490 e. The molecule has 7 heteroatoms. The first-order chi connectivity index (χ1) is 11.3. The Bertz CT molecular complexity index is 464. The average Bonchev–Trinajstić information content (AvgIpc) is 3.10. The number of ether oxygens (including phenoxy) is 3. The summed E-state index contributed by atoms with van der Waals surface area (Å²) in [6.07, 6.45) is 4.62. The summed E-state index contributed by atoms with van der Waals surface area (Å²) in [6, 6.07) is 3.90. The Morgan fingerprint density at radius 3 is 3.17 bits per heavy atom. The van der Waals surface area contributed by atoms with Gasteiger partial charge in [-0.2, -0.15) is 0 Å². The fraction of sp³-hybridized carbons (Fsp3) is 0.625. The zero-order valence-electron chi connectivity index (χ0n) is 13.8. The van der Waals surface area contributed by atoms with Gasteiger partial charge in [-0.05, 0) is 25.5 Å². The van der Waals surface area contributed by atoms with Gasteiger partial charge in [0, 0.05) is 25.9 Å². The van der Waals surface area contributed by atoms with Crippen LogP contribution in [0.2, 0.25) is 0 Å². The van der Waals surface area contributed by atoms with E-state index in [1.54, 1.807) is 19.4 Å². The number of aliphatic imine (C=N–C) groups is 1. The lowest BCUT2D eigenvalue weighted by molar-refractivity contribution is 0.0347. The molecule has 0 aliphatic carbocycles. The van der Waals surface area contributed by atoms with Gasteiger partial charge in [-0.1, -0.05) is 0 Å². The maximum atomic E-state index is 5.79. The second kappa shape index (κ2) is 10.0. The number of hydrogen-bond donors (Lipinski definition) is 2. The Kier molecular flexibility index (Phi) is 7.62. The maximum Gasteiger partial charge on any atom is 0.191 e. The van der Waals surface area contributed by atoms with E-state index in [4.69, 9.17) is 14.2 Å². The summed E-state index contributed by atoms with van der Waals surface area (Å²) >= 11 is 0. The summed E-state index contributed by atoms with van der Waals surface area (Å²) in [4.78, 5) is 8.20. The Labute approximate surface area is 137 Å². The first-order valence-corrected chi connectivity index (χ1v) is 7.97. The number of nitrogens with zero attached hydrogens (tertiary/aromatic N) is 2. The van der Waals surface area contributed by atoms with Crippen LogP contribution in [0.1, 0.15) is 13.3 Å². The lowest BCUT2D eigenvalue weighted by Crippen LogP contribution is -2.45. The highest BCUT2D eigenvalue weighted by Crippen LogP contribution is 2.08. The molecule has 0 radical (unpaired) electrons. The molecule has 2 rings (SSSR count). The van der Waals surface area contributed by atoms with Crippen LogP contribution in [0.25, 0.3) is 0 Å². The van der Waals surface area contributed by atoms with Crippen LogP contribution in [0.4, 0.5) is 0 Å². The van der Waals surface area contributed by atoms with Gasteiger partial charge in [-0.25, -0.2) is 0 Å². The van der Waals surface area contributed by atoms with Crippen LogP contribution in [0.3, 0.4) is 0 Å². The Morgan fingerprint density at radius 1 is 1.57 bits per heavy atom. The molecule has 1 aromatic rings. The average molecular weight is 322 g/mol. The Hall–Kier alpha value is -1.86. The summed E-state index contributed by atoms with van der Waals surface area (Å²) in [6.45, 7) is 5.38. The quantitative estimate of drug-likeness (QED) is 0.419. The van der Waals surface area contributed by atoms with Gasteiger partial charge < -0.3 is 24.8 Å². The van der Waals surface area contributed by atoms with Crippen LogP contribution in [-0.4, -0.2) is 63.1 Å². The van der Waals surface area contributed by atoms with Crippen molar-refractivity contribution in [3.8, 4) is 5.75 Å². The van der Waals surface area contributed by atoms with E-state index in [9.17, 15) is 0 Å². The molecule has 0 amide bonds. The molecule has 1 aliphatic rings. The van der Waals surface area contributed by atoms with Crippen molar-refractivity contribution < 1.29 is 14.2 Å². The fourth-order valence-electron chi connectivity index (χ4n) is 2.17. The summed E-state index contributed by atoms with van der Waals surface area (Å²) in [7, 11) is 1.75. The molecule has 2 atom stereocenters. The molecule has 0 aromatic carbocycles. The molecule has 2 heterocycles. The van der Waals surface area contributed by atoms with E-state index < -0.39 is 0 Å². The van der Waals surface area contributed by atoms with Gasteiger partial charge in [-0.15, -0.1) is 0 Å². The zero-order valence-corrected chi connectivity index (χ0v) is 13.8. The molecule has 2 unspecified atom stereocenters. The molecule has 128 valence electrons. The number of pyridine rings is 1. The van der Waals surface area contributed by atoms with Crippen LogP contribution in [-0.2, 0) is 9.47 Å². The molecule has 2 N–H and O–H groups in total. The molecule has 0 bridgehead atoms. The van der Waals surface area contributed by atoms with Gasteiger partial charge in [0.15, 0.2) is 5.96 Å². The molecule has 1 saturated heterocycles. The second-order valence-electron chi connectivity index (χ2n) is 5.40. The lowest BCUT2D eigenvalue weighted by atomic mass is 10.3. The summed E-state index contributed by atoms with van der Waals surface area (Å²) in [5.74, 6) is 1.50. The number of aromatic nitrogens is 1. The van der Waals surface area contributed by atoms with Gasteiger partial charge in [-0.3, -0.25) is 9.98 Å². The molecular formula is C16H26N4O3. The van der Waals surface area contributed by atoms with E-state index in [1.807, 2.05) is 12.1 Å². The molecule has 0 saturated carbocycles. The Balaban J connectivity index is 1.58. The third kappa shape index (κ3) is 6.83. The molecule has 0 spiro atoms. The van der Waals surface area contributed by atoms with Crippen molar-refractivity contribution in [3.63, 3.8) is 0 Å². The molecule has 1 fully saturated rings. The van der Waals surface area contributed by atoms with Gasteiger partial charge in [0.05, 0.1) is 32.1 Å². The molecule has 23 heavy (non-hydrogen) atoms. The van der Waals surface area contributed by atoms with Crippen LogP contribution >= 0.6 is 0 Å². The van der Waals surface area contributed by atoms with Crippen LogP contribution in [0.5, 0.6) is 5.75 Å². The van der Waals surface area contributed by atoms with Crippen molar-refractivity contribution in [1.29, 1.82) is 0 Å². The van der Waals surface area contributed by atoms with E-state index >= 15 is 0 Å². The SMILES string of the molecule is CN=C(NCCOc1cccnc1)NC(C)COC1CCOC1. The molecule has 1 aliphatic heterocycles. The standard InChI is InChI=1S/C16H26N4O3/c1-13(11-23-15-5-8-21-12-15)20-16(17-2)19-7-9-22-14-4-3-6-18-10-14/h3-4,6,10,13,15H,5,7-9,11-12H2,1-2H3,(H2,17,19,20). The number of hydrogen-bond acceptors (Lipinski definition) is 5. The van der Waals surface area contributed by atoms with Crippen LogP contribution in [0.15, 0.2) is 29.5 Å². The lowest BCUT2D eigenvalue weighted by Gasteiger charge is -2.19. The highest BCUT2D eigenvalue weighted by Gasteiger charge is 2.17. The van der Waals surface area contributed by atoms with Crippen molar-refractivity contribution in [3.05, 3.63) is 24.5 Å². The summed E-state index contributed by atoms with van der Waals surface area (Å²) in [5.41, 5.74) is 0. The van der Waals surface area contributed by atoms with Crippen LogP contribution in [0, 0.1) is 0 Å². The van der Waals surface area contributed by atoms with E-state index in [2.05, 4.69) is 27.5 Å². The third-order valence-electron chi connectivity index (χ3n) is 3.37.